The van der Waals surface area contributed by atoms with Crippen LogP contribution in [0.4, 0.5) is 5.69 Å². The number of piperidine rings is 1. The summed E-state index contributed by atoms with van der Waals surface area (Å²) in [5.41, 5.74) is 1.14. The fraction of sp³-hybridized carbons (Fsp3) is 0.545. The Morgan fingerprint density at radius 3 is 2.50 bits per heavy atom. The first kappa shape index (κ1) is 21.8. The van der Waals surface area contributed by atoms with Crippen LogP contribution in [0.15, 0.2) is 41.9 Å². The molecule has 0 spiro atoms. The predicted molar refractivity (Wildman–Crippen MR) is 121 cm³/mol. The predicted octanol–water partition coefficient (Wildman–Crippen LogP) is 2.51. The Morgan fingerprint density at radius 2 is 1.90 bits per heavy atom. The second-order valence-electron chi connectivity index (χ2n) is 7.39. The number of guanidine groups is 1. The molecule has 2 heterocycles. The van der Waals surface area contributed by atoms with Crippen molar-refractivity contribution in [1.82, 2.24) is 20.2 Å². The molecule has 1 aliphatic heterocycles. The highest BCUT2D eigenvalue weighted by Crippen LogP contribution is 2.30. The maximum atomic E-state index is 5.41. The van der Waals surface area contributed by atoms with Crippen LogP contribution >= 0.6 is 0 Å². The molecule has 0 bridgehead atoms. The number of nitrogens with one attached hydrogen (secondary N) is 2. The number of rotatable bonds is 9. The molecule has 1 aliphatic rings. The van der Waals surface area contributed by atoms with E-state index in [2.05, 4.69) is 44.1 Å². The van der Waals surface area contributed by atoms with Gasteiger partial charge in [-0.15, -0.1) is 0 Å². The number of benzene rings is 1. The molecule has 2 N–H and O–H groups in total. The van der Waals surface area contributed by atoms with Crippen LogP contribution in [0.25, 0.3) is 0 Å². The molecule has 1 aromatic heterocycles. The zero-order chi connectivity index (χ0) is 21.2. The van der Waals surface area contributed by atoms with E-state index in [9.17, 15) is 0 Å². The number of methoxy groups -OCH3 is 2. The zero-order valence-electron chi connectivity index (χ0n) is 18.3. The Kier molecular flexibility index (Phi) is 8.23. The number of aliphatic imine (C=N–C) groups is 1. The molecule has 0 aliphatic carbocycles. The maximum Gasteiger partial charge on any atom is 0.191 e. The van der Waals surface area contributed by atoms with Gasteiger partial charge >= 0.3 is 0 Å². The average Bonchev–Trinajstić information content (AvgIpc) is 3.30. The van der Waals surface area contributed by atoms with Crippen molar-refractivity contribution in [2.75, 3.05) is 45.3 Å². The average molecular weight is 415 g/mol. The minimum atomic E-state index is 0.417. The first-order valence-electron chi connectivity index (χ1n) is 10.7. The van der Waals surface area contributed by atoms with Crippen molar-refractivity contribution in [2.24, 2.45) is 4.99 Å². The molecule has 0 unspecified atom stereocenters. The number of ether oxygens (including phenoxy) is 2. The molecular weight excluding hydrogens is 380 g/mol. The standard InChI is InChI=1S/C22H34N6O2/c1-4-24-22(25-8-5-10-27-13-9-23-17-27)26-18-6-11-28(12-7-18)19-14-20(29-2)16-21(15-19)30-3/h9,13-18H,4-8,10-12H2,1-3H3,(H2,24,25,26). The van der Waals surface area contributed by atoms with E-state index in [1.54, 1.807) is 14.2 Å². The van der Waals surface area contributed by atoms with Crippen LogP contribution in [0.5, 0.6) is 11.5 Å². The highest BCUT2D eigenvalue weighted by atomic mass is 16.5. The Balaban J connectivity index is 1.49. The molecule has 0 radical (unpaired) electrons. The van der Waals surface area contributed by atoms with Gasteiger partial charge in [-0.3, -0.25) is 4.99 Å². The van der Waals surface area contributed by atoms with Crippen molar-refractivity contribution in [1.29, 1.82) is 0 Å². The fourth-order valence-corrected chi connectivity index (χ4v) is 3.63. The maximum absolute atomic E-state index is 5.41. The summed E-state index contributed by atoms with van der Waals surface area (Å²) in [5.74, 6) is 2.55. The highest BCUT2D eigenvalue weighted by molar-refractivity contribution is 5.80. The number of imidazole rings is 1. The van der Waals surface area contributed by atoms with Gasteiger partial charge in [-0.25, -0.2) is 4.98 Å². The molecule has 30 heavy (non-hydrogen) atoms. The second kappa shape index (κ2) is 11.3. The van der Waals surface area contributed by atoms with Gasteiger partial charge in [0.15, 0.2) is 5.96 Å². The van der Waals surface area contributed by atoms with Crippen LogP contribution in [0.1, 0.15) is 26.2 Å². The SMILES string of the molecule is CCNC(=NCCCn1ccnc1)NC1CCN(c2cc(OC)cc(OC)c2)CC1. The smallest absolute Gasteiger partial charge is 0.191 e. The lowest BCUT2D eigenvalue weighted by atomic mass is 10.0. The number of aryl methyl sites for hydroxylation is 1. The summed E-state index contributed by atoms with van der Waals surface area (Å²) in [7, 11) is 3.37. The van der Waals surface area contributed by atoms with Gasteiger partial charge in [0, 0.05) is 75.0 Å². The van der Waals surface area contributed by atoms with Gasteiger partial charge in [-0.1, -0.05) is 0 Å². The molecule has 0 amide bonds. The first-order chi connectivity index (χ1) is 14.7. The lowest BCUT2D eigenvalue weighted by molar-refractivity contribution is 0.393. The largest absolute Gasteiger partial charge is 0.497 e. The Hall–Kier alpha value is -2.90. The molecule has 164 valence electrons. The summed E-state index contributed by atoms with van der Waals surface area (Å²) in [5, 5.41) is 6.98. The van der Waals surface area contributed by atoms with Crippen molar-refractivity contribution in [2.45, 2.75) is 38.8 Å². The summed E-state index contributed by atoms with van der Waals surface area (Å²) in [4.78, 5) is 11.2. The monoisotopic (exact) mass is 414 g/mol. The van der Waals surface area contributed by atoms with Crippen LogP contribution in [0.2, 0.25) is 0 Å². The number of aromatic nitrogens is 2. The van der Waals surface area contributed by atoms with E-state index in [4.69, 9.17) is 14.5 Å². The van der Waals surface area contributed by atoms with Gasteiger partial charge in [0.2, 0.25) is 0 Å². The molecule has 8 nitrogen and oxygen atoms in total. The van der Waals surface area contributed by atoms with Crippen molar-refractivity contribution in [3.8, 4) is 11.5 Å². The van der Waals surface area contributed by atoms with E-state index in [1.165, 1.54) is 0 Å². The molecule has 0 saturated carbocycles. The number of anilines is 1. The van der Waals surface area contributed by atoms with E-state index in [0.29, 0.717) is 6.04 Å². The molecule has 1 aromatic carbocycles. The molecule has 2 aromatic rings. The highest BCUT2D eigenvalue weighted by Gasteiger charge is 2.21. The number of hydrogen-bond donors (Lipinski definition) is 2. The Morgan fingerprint density at radius 1 is 1.17 bits per heavy atom. The molecular formula is C22H34N6O2. The van der Waals surface area contributed by atoms with Crippen LogP contribution < -0.4 is 25.0 Å². The quantitative estimate of drug-likeness (QED) is 0.373. The van der Waals surface area contributed by atoms with Crippen LogP contribution in [0.3, 0.4) is 0 Å². The summed E-state index contributed by atoms with van der Waals surface area (Å²) < 4.78 is 12.9. The molecule has 1 saturated heterocycles. The number of nitrogens with zero attached hydrogens (tertiary/aromatic N) is 4. The van der Waals surface area contributed by atoms with Gasteiger partial charge < -0.3 is 29.6 Å². The summed E-state index contributed by atoms with van der Waals surface area (Å²) in [6.07, 6.45) is 8.74. The minimum absolute atomic E-state index is 0.417. The van der Waals surface area contributed by atoms with E-state index in [1.807, 2.05) is 24.8 Å². The van der Waals surface area contributed by atoms with Crippen molar-refractivity contribution < 1.29 is 9.47 Å². The number of hydrogen-bond acceptors (Lipinski definition) is 5. The third-order valence-corrected chi connectivity index (χ3v) is 5.28. The van der Waals surface area contributed by atoms with Crippen molar-refractivity contribution >= 4 is 11.6 Å². The van der Waals surface area contributed by atoms with Crippen molar-refractivity contribution in [3.05, 3.63) is 36.9 Å². The third kappa shape index (κ3) is 6.30. The normalized spacial score (nSPS) is 15.2. The topological polar surface area (TPSA) is 75.9 Å². The molecule has 3 rings (SSSR count). The molecule has 1 fully saturated rings. The van der Waals surface area contributed by atoms with Gasteiger partial charge in [0.1, 0.15) is 11.5 Å². The van der Waals surface area contributed by atoms with Gasteiger partial charge in [0.05, 0.1) is 20.5 Å². The van der Waals surface area contributed by atoms with E-state index < -0.39 is 0 Å². The zero-order valence-corrected chi connectivity index (χ0v) is 18.3. The molecule has 8 heteroatoms. The Labute approximate surface area is 179 Å². The second-order valence-corrected chi connectivity index (χ2v) is 7.39. The van der Waals surface area contributed by atoms with E-state index in [-0.39, 0.29) is 0 Å². The lowest BCUT2D eigenvalue weighted by Crippen LogP contribution is -2.48. The summed E-state index contributed by atoms with van der Waals surface area (Å²) >= 11 is 0. The lowest BCUT2D eigenvalue weighted by Gasteiger charge is -2.34. The van der Waals surface area contributed by atoms with Crippen LogP contribution in [0, 0.1) is 0 Å². The third-order valence-electron chi connectivity index (χ3n) is 5.28. The molecule has 0 atom stereocenters. The Bertz CT molecular complexity index is 763. The van der Waals surface area contributed by atoms with E-state index in [0.717, 1.165) is 75.1 Å². The van der Waals surface area contributed by atoms with Gasteiger partial charge in [0.25, 0.3) is 0 Å². The van der Waals surface area contributed by atoms with Crippen LogP contribution in [-0.2, 0) is 6.54 Å². The van der Waals surface area contributed by atoms with Gasteiger partial charge in [-0.05, 0) is 26.2 Å². The summed E-state index contributed by atoms with van der Waals surface area (Å²) in [6, 6.07) is 6.47. The minimum Gasteiger partial charge on any atom is -0.497 e. The van der Waals surface area contributed by atoms with Crippen molar-refractivity contribution in [3.63, 3.8) is 0 Å². The fourth-order valence-electron chi connectivity index (χ4n) is 3.63. The summed E-state index contributed by atoms with van der Waals surface area (Å²) in [6.45, 7) is 6.64. The van der Waals surface area contributed by atoms with E-state index >= 15 is 0 Å². The van der Waals surface area contributed by atoms with Gasteiger partial charge in [-0.2, -0.15) is 0 Å². The van der Waals surface area contributed by atoms with Crippen LogP contribution in [-0.4, -0.2) is 62.0 Å². The first-order valence-corrected chi connectivity index (χ1v) is 10.7.